The fraction of sp³-hybridized carbons (Fsp3) is 0.161. The molecule has 2 aromatic heterocycles. The van der Waals surface area contributed by atoms with Gasteiger partial charge in [0.15, 0.2) is 5.16 Å². The summed E-state index contributed by atoms with van der Waals surface area (Å²) in [4.78, 5) is 30.1. The zero-order chi connectivity index (χ0) is 28.8. The number of hydrogen-bond acceptors (Lipinski definition) is 5. The Morgan fingerprint density at radius 1 is 0.854 bits per heavy atom. The molecule has 0 unspecified atom stereocenters. The normalized spacial score (nSPS) is 11.0. The van der Waals surface area contributed by atoms with E-state index in [4.69, 9.17) is 0 Å². The number of carbonyl (C=O) groups is 1. The molecular formula is C31H27F2N5O2S. The molecule has 3 aromatic carbocycles. The van der Waals surface area contributed by atoms with E-state index in [1.165, 1.54) is 36.0 Å². The molecule has 5 aromatic rings. The first kappa shape index (κ1) is 28.0. The van der Waals surface area contributed by atoms with E-state index in [0.717, 1.165) is 27.8 Å². The van der Waals surface area contributed by atoms with Crippen LogP contribution in [0.4, 0.5) is 8.78 Å². The van der Waals surface area contributed by atoms with Gasteiger partial charge in [-0.25, -0.2) is 8.78 Å². The number of halogens is 2. The van der Waals surface area contributed by atoms with Crippen molar-refractivity contribution in [1.82, 2.24) is 24.6 Å². The molecule has 7 nitrogen and oxygen atoms in total. The fourth-order valence-electron chi connectivity index (χ4n) is 4.25. The van der Waals surface area contributed by atoms with Crippen molar-refractivity contribution >= 4 is 17.7 Å². The summed E-state index contributed by atoms with van der Waals surface area (Å²) >= 11 is 1.31. The van der Waals surface area contributed by atoms with Gasteiger partial charge >= 0.3 is 0 Å². The Morgan fingerprint density at radius 3 is 2.10 bits per heavy atom. The summed E-state index contributed by atoms with van der Waals surface area (Å²) < 4.78 is 29.9. The van der Waals surface area contributed by atoms with Gasteiger partial charge in [0.2, 0.25) is 5.91 Å². The SMILES string of the molecule is Cn1cc(Cc2cn(CC(=O)NCc3ccc(-c4ccc(F)cc4)cc3)c(SCc3ccc(F)cc3)nc2=O)cn1. The maximum atomic E-state index is 13.3. The number of rotatable bonds is 10. The van der Waals surface area contributed by atoms with Crippen LogP contribution in [0.2, 0.25) is 0 Å². The summed E-state index contributed by atoms with van der Waals surface area (Å²) in [6, 6.07) is 20.1. The molecule has 0 radical (unpaired) electrons. The molecule has 5 rings (SSSR count). The van der Waals surface area contributed by atoms with Gasteiger partial charge in [-0.2, -0.15) is 10.1 Å². The molecule has 10 heteroatoms. The molecule has 0 bridgehead atoms. The number of aryl methyl sites for hydroxylation is 1. The minimum atomic E-state index is -0.367. The molecule has 41 heavy (non-hydrogen) atoms. The summed E-state index contributed by atoms with van der Waals surface area (Å²) in [6.45, 7) is 0.281. The van der Waals surface area contributed by atoms with Crippen LogP contribution in [0.3, 0.4) is 0 Å². The number of carbonyl (C=O) groups excluding carboxylic acids is 1. The number of benzene rings is 3. The van der Waals surface area contributed by atoms with Gasteiger partial charge in [0, 0.05) is 43.7 Å². The minimum Gasteiger partial charge on any atom is -0.350 e. The molecule has 0 aliphatic carbocycles. The van der Waals surface area contributed by atoms with Gasteiger partial charge in [-0.1, -0.05) is 60.3 Å². The quantitative estimate of drug-likeness (QED) is 0.186. The molecule has 1 amide bonds. The zero-order valence-electron chi connectivity index (χ0n) is 22.3. The van der Waals surface area contributed by atoms with Crippen LogP contribution in [0.1, 0.15) is 22.3 Å². The van der Waals surface area contributed by atoms with Gasteiger partial charge in [-0.3, -0.25) is 14.3 Å². The highest BCUT2D eigenvalue weighted by Crippen LogP contribution is 2.22. The molecule has 208 valence electrons. The first-order chi connectivity index (χ1) is 19.8. The van der Waals surface area contributed by atoms with Crippen LogP contribution in [0.25, 0.3) is 11.1 Å². The van der Waals surface area contributed by atoms with Crippen LogP contribution < -0.4 is 10.9 Å². The van der Waals surface area contributed by atoms with Crippen molar-refractivity contribution in [2.75, 3.05) is 0 Å². The summed E-state index contributed by atoms with van der Waals surface area (Å²) in [5, 5.41) is 7.48. The standard InChI is InChI=1S/C31H27F2N5O2S/c1-37-17-23(16-35-37)14-26-18-38(31(36-30(26)40)41-20-22-4-10-27(32)11-5-22)19-29(39)34-15-21-2-6-24(7-3-21)25-8-12-28(33)13-9-25/h2-13,16-18H,14-15,19-20H2,1H3,(H,34,39). The zero-order valence-corrected chi connectivity index (χ0v) is 23.1. The van der Waals surface area contributed by atoms with Crippen LogP contribution >= 0.6 is 11.8 Å². The van der Waals surface area contributed by atoms with Crippen molar-refractivity contribution in [3.8, 4) is 11.1 Å². The van der Waals surface area contributed by atoms with Gasteiger partial charge < -0.3 is 9.88 Å². The van der Waals surface area contributed by atoms with E-state index in [9.17, 15) is 18.4 Å². The van der Waals surface area contributed by atoms with Crippen LogP contribution in [-0.4, -0.2) is 25.2 Å². The lowest BCUT2D eigenvalue weighted by atomic mass is 10.0. The molecule has 0 atom stereocenters. The highest BCUT2D eigenvalue weighted by molar-refractivity contribution is 7.98. The van der Waals surface area contributed by atoms with Crippen LogP contribution in [0.15, 0.2) is 101 Å². The third-order valence-electron chi connectivity index (χ3n) is 6.40. The van der Waals surface area contributed by atoms with Gasteiger partial charge in [-0.15, -0.1) is 0 Å². The largest absolute Gasteiger partial charge is 0.350 e. The first-order valence-electron chi connectivity index (χ1n) is 12.9. The van der Waals surface area contributed by atoms with Crippen molar-refractivity contribution in [1.29, 1.82) is 0 Å². The number of aromatic nitrogens is 4. The van der Waals surface area contributed by atoms with Crippen molar-refractivity contribution in [2.45, 2.75) is 30.4 Å². The highest BCUT2D eigenvalue weighted by Gasteiger charge is 2.14. The molecule has 0 aliphatic heterocycles. The number of thioether (sulfide) groups is 1. The Kier molecular flexibility index (Phi) is 8.69. The molecule has 2 heterocycles. The lowest BCUT2D eigenvalue weighted by Crippen LogP contribution is -2.29. The molecule has 0 saturated carbocycles. The first-order valence-corrected chi connectivity index (χ1v) is 13.9. The Hall–Kier alpha value is -4.57. The fourth-order valence-corrected chi connectivity index (χ4v) is 5.17. The molecule has 1 N–H and O–H groups in total. The third kappa shape index (κ3) is 7.55. The highest BCUT2D eigenvalue weighted by atomic mass is 32.2. The van der Waals surface area contributed by atoms with E-state index in [2.05, 4.69) is 15.4 Å². The molecule has 0 spiro atoms. The predicted octanol–water partition coefficient (Wildman–Crippen LogP) is 5.12. The lowest BCUT2D eigenvalue weighted by Gasteiger charge is -2.14. The van der Waals surface area contributed by atoms with Crippen molar-refractivity contribution in [3.05, 3.63) is 136 Å². The molecular weight excluding hydrogens is 544 g/mol. The predicted molar refractivity (Wildman–Crippen MR) is 154 cm³/mol. The Labute approximate surface area is 239 Å². The van der Waals surface area contributed by atoms with E-state index < -0.39 is 0 Å². The molecule has 0 fully saturated rings. The average Bonchev–Trinajstić information content (AvgIpc) is 3.38. The topological polar surface area (TPSA) is 81.8 Å². The van der Waals surface area contributed by atoms with Crippen LogP contribution in [-0.2, 0) is 37.1 Å². The smallest absolute Gasteiger partial charge is 0.277 e. The van der Waals surface area contributed by atoms with E-state index in [0.29, 0.717) is 29.4 Å². The Balaban J connectivity index is 1.29. The van der Waals surface area contributed by atoms with E-state index in [1.807, 2.05) is 30.5 Å². The third-order valence-corrected chi connectivity index (χ3v) is 7.46. The molecule has 0 saturated heterocycles. The average molecular weight is 572 g/mol. The van der Waals surface area contributed by atoms with Crippen molar-refractivity contribution in [2.24, 2.45) is 7.05 Å². The molecule has 0 aliphatic rings. The van der Waals surface area contributed by atoms with E-state index in [1.54, 1.807) is 53.0 Å². The van der Waals surface area contributed by atoms with Gasteiger partial charge in [0.05, 0.1) is 6.20 Å². The van der Waals surface area contributed by atoms with Crippen molar-refractivity contribution in [3.63, 3.8) is 0 Å². The summed E-state index contributed by atoms with van der Waals surface area (Å²) in [5.41, 5.74) is 4.57. The van der Waals surface area contributed by atoms with E-state index in [-0.39, 0.29) is 29.6 Å². The maximum Gasteiger partial charge on any atom is 0.277 e. The number of nitrogens with one attached hydrogen (secondary N) is 1. The maximum absolute atomic E-state index is 13.3. The second-order valence-electron chi connectivity index (χ2n) is 9.58. The van der Waals surface area contributed by atoms with Crippen LogP contribution in [0.5, 0.6) is 0 Å². The number of nitrogens with zero attached hydrogens (tertiary/aromatic N) is 4. The van der Waals surface area contributed by atoms with Crippen molar-refractivity contribution < 1.29 is 13.6 Å². The van der Waals surface area contributed by atoms with Gasteiger partial charge in [-0.05, 0) is 52.1 Å². The van der Waals surface area contributed by atoms with Crippen LogP contribution in [0, 0.1) is 11.6 Å². The second kappa shape index (κ2) is 12.7. The van der Waals surface area contributed by atoms with Gasteiger partial charge in [0.1, 0.15) is 18.2 Å². The number of amides is 1. The second-order valence-corrected chi connectivity index (χ2v) is 10.5. The Bertz CT molecular complexity index is 1700. The summed E-state index contributed by atoms with van der Waals surface area (Å²) in [5.74, 6) is -0.395. The summed E-state index contributed by atoms with van der Waals surface area (Å²) in [6.07, 6.45) is 5.53. The van der Waals surface area contributed by atoms with Gasteiger partial charge in [0.25, 0.3) is 5.56 Å². The monoisotopic (exact) mass is 571 g/mol. The number of hydrogen-bond donors (Lipinski definition) is 1. The Morgan fingerprint density at radius 2 is 1.46 bits per heavy atom. The van der Waals surface area contributed by atoms with E-state index >= 15 is 0 Å². The summed E-state index contributed by atoms with van der Waals surface area (Å²) in [7, 11) is 1.80. The minimum absolute atomic E-state index is 0.0350. The lowest BCUT2D eigenvalue weighted by molar-refractivity contribution is -0.122.